The number of rotatable bonds is 5. The third-order valence-corrected chi connectivity index (χ3v) is 5.72. The van der Waals surface area contributed by atoms with E-state index in [1.165, 1.54) is 0 Å². The van der Waals surface area contributed by atoms with Crippen LogP contribution < -0.4 is 15.5 Å². The summed E-state index contributed by atoms with van der Waals surface area (Å²) >= 11 is 6.33. The molecule has 162 valence electrons. The lowest BCUT2D eigenvalue weighted by atomic mass is 9.98. The lowest BCUT2D eigenvalue weighted by Crippen LogP contribution is -2.42. The molecular formula is C25H23ClN3O3+. The Labute approximate surface area is 191 Å². The molecule has 3 aromatic carbocycles. The van der Waals surface area contributed by atoms with Crippen molar-refractivity contribution in [2.24, 2.45) is 0 Å². The van der Waals surface area contributed by atoms with Crippen molar-refractivity contribution in [2.75, 3.05) is 7.11 Å². The summed E-state index contributed by atoms with van der Waals surface area (Å²) in [5.74, 6) is 0.00320. The first kappa shape index (κ1) is 21.6. The van der Waals surface area contributed by atoms with E-state index in [9.17, 15) is 9.59 Å². The van der Waals surface area contributed by atoms with Crippen molar-refractivity contribution in [2.45, 2.75) is 19.0 Å². The lowest BCUT2D eigenvalue weighted by molar-refractivity contribution is -0.596. The van der Waals surface area contributed by atoms with Gasteiger partial charge in [0, 0.05) is 11.1 Å². The van der Waals surface area contributed by atoms with Gasteiger partial charge in [0.1, 0.15) is 5.75 Å². The quantitative estimate of drug-likeness (QED) is 0.585. The Morgan fingerprint density at radius 3 is 2.41 bits per heavy atom. The third-order valence-electron chi connectivity index (χ3n) is 5.38. The molecule has 1 heterocycles. The maximum absolute atomic E-state index is 12.9. The lowest BCUT2D eigenvalue weighted by Gasteiger charge is -2.15. The molecule has 0 bridgehead atoms. The average Bonchev–Trinajstić information content (AvgIpc) is 3.10. The molecule has 1 aliphatic heterocycles. The van der Waals surface area contributed by atoms with E-state index in [2.05, 4.69) is 10.7 Å². The zero-order chi connectivity index (χ0) is 22.7. The summed E-state index contributed by atoms with van der Waals surface area (Å²) < 4.78 is 6.85. The van der Waals surface area contributed by atoms with Gasteiger partial charge in [0.25, 0.3) is 5.91 Å². The number of hydrogen-bond acceptors (Lipinski definition) is 3. The highest BCUT2D eigenvalue weighted by molar-refractivity contribution is 6.32. The molecule has 2 atom stereocenters. The van der Waals surface area contributed by atoms with E-state index < -0.39 is 12.1 Å². The molecule has 4 rings (SSSR count). The number of halogens is 1. The van der Waals surface area contributed by atoms with Crippen LogP contribution in [0.15, 0.2) is 72.8 Å². The highest BCUT2D eigenvalue weighted by atomic mass is 35.5. The van der Waals surface area contributed by atoms with Gasteiger partial charge in [-0.25, -0.2) is 0 Å². The van der Waals surface area contributed by atoms with Gasteiger partial charge in [-0.1, -0.05) is 53.6 Å². The third kappa shape index (κ3) is 4.50. The molecule has 3 aromatic rings. The van der Waals surface area contributed by atoms with Crippen molar-refractivity contribution in [3.63, 3.8) is 0 Å². The van der Waals surface area contributed by atoms with Crippen molar-refractivity contribution >= 4 is 29.6 Å². The highest BCUT2D eigenvalue weighted by Gasteiger charge is 2.47. The molecule has 0 saturated carbocycles. The maximum atomic E-state index is 12.9. The van der Waals surface area contributed by atoms with Gasteiger partial charge >= 0.3 is 5.91 Å². The fourth-order valence-electron chi connectivity index (χ4n) is 3.64. The first-order valence-electron chi connectivity index (χ1n) is 10.2. The summed E-state index contributed by atoms with van der Waals surface area (Å²) in [6.07, 6.45) is 1.78. The minimum atomic E-state index is -0.800. The number of nitrogens with one attached hydrogen (secondary N) is 2. The second-order valence-corrected chi connectivity index (χ2v) is 7.98. The van der Waals surface area contributed by atoms with E-state index in [1.807, 2.05) is 49.4 Å². The number of hydrazone groups is 1. The molecule has 32 heavy (non-hydrogen) atoms. The van der Waals surface area contributed by atoms with Gasteiger partial charge < -0.3 is 10.1 Å². The van der Waals surface area contributed by atoms with Gasteiger partial charge in [-0.15, -0.1) is 10.1 Å². The monoisotopic (exact) mass is 448 g/mol. The van der Waals surface area contributed by atoms with Crippen LogP contribution in [-0.2, 0) is 4.79 Å². The summed E-state index contributed by atoms with van der Waals surface area (Å²) in [5.41, 5.74) is 6.05. The van der Waals surface area contributed by atoms with Crippen LogP contribution in [0, 0.1) is 6.92 Å². The van der Waals surface area contributed by atoms with Gasteiger partial charge in [-0.3, -0.25) is 9.59 Å². The minimum absolute atomic E-state index is 0.305. The minimum Gasteiger partial charge on any atom is -0.497 e. The maximum Gasteiger partial charge on any atom is 0.304 e. The first-order valence-corrected chi connectivity index (χ1v) is 10.5. The van der Waals surface area contributed by atoms with Crippen LogP contribution in [-0.4, -0.2) is 35.9 Å². The molecule has 0 radical (unpaired) electrons. The van der Waals surface area contributed by atoms with E-state index in [-0.39, 0.29) is 11.8 Å². The van der Waals surface area contributed by atoms with Crippen LogP contribution in [0.25, 0.3) is 0 Å². The second kappa shape index (κ2) is 9.24. The molecule has 1 aliphatic rings. The van der Waals surface area contributed by atoms with E-state index in [4.69, 9.17) is 16.3 Å². The van der Waals surface area contributed by atoms with Crippen molar-refractivity contribution in [3.05, 3.63) is 100 Å². The zero-order valence-electron chi connectivity index (χ0n) is 17.7. The Morgan fingerprint density at radius 1 is 1.06 bits per heavy atom. The number of nitrogens with zero attached hydrogens (tertiary/aromatic N) is 1. The zero-order valence-corrected chi connectivity index (χ0v) is 18.5. The second-order valence-electron chi connectivity index (χ2n) is 7.57. The molecule has 0 aliphatic carbocycles. The Balaban J connectivity index is 1.69. The van der Waals surface area contributed by atoms with E-state index >= 15 is 0 Å². The average molecular weight is 449 g/mol. The summed E-state index contributed by atoms with van der Waals surface area (Å²) in [6.45, 7) is 2.00. The predicted molar refractivity (Wildman–Crippen MR) is 123 cm³/mol. The van der Waals surface area contributed by atoms with Crippen molar-refractivity contribution in [3.8, 4) is 5.75 Å². The van der Waals surface area contributed by atoms with E-state index in [0.29, 0.717) is 16.3 Å². The summed E-state index contributed by atoms with van der Waals surface area (Å²) in [6, 6.07) is 20.7. The van der Waals surface area contributed by atoms with Gasteiger partial charge in [-0.2, -0.15) is 0 Å². The fraction of sp³-hybridized carbons (Fsp3) is 0.160. The number of benzene rings is 3. The van der Waals surface area contributed by atoms with Crippen LogP contribution in [0.4, 0.5) is 0 Å². The summed E-state index contributed by atoms with van der Waals surface area (Å²) in [5, 5.41) is 3.45. The van der Waals surface area contributed by atoms with Crippen LogP contribution in [0.5, 0.6) is 5.75 Å². The summed E-state index contributed by atoms with van der Waals surface area (Å²) in [7, 11) is 1.56. The number of methoxy groups -OCH3 is 1. The van der Waals surface area contributed by atoms with Crippen LogP contribution >= 0.6 is 11.6 Å². The molecule has 2 amide bonds. The van der Waals surface area contributed by atoms with E-state index in [0.717, 1.165) is 16.7 Å². The molecule has 2 N–H and O–H groups in total. The molecule has 6 nitrogen and oxygen atoms in total. The number of hydrazine groups is 1. The van der Waals surface area contributed by atoms with Crippen LogP contribution in [0.3, 0.4) is 0 Å². The Morgan fingerprint density at radius 2 is 1.75 bits per heavy atom. The molecule has 1 fully saturated rings. The SMILES string of the molecule is COc1ccc(C(=O)N[C@H]2C(=O)N/[N+](=C\c3ccccc3Cl)[C@@H]2c2ccc(C)cc2)cc1. The van der Waals surface area contributed by atoms with Gasteiger partial charge in [0.15, 0.2) is 6.04 Å². The highest BCUT2D eigenvalue weighted by Crippen LogP contribution is 2.26. The number of carbonyl (C=O) groups is 2. The number of hydrogen-bond donors (Lipinski definition) is 2. The largest absolute Gasteiger partial charge is 0.497 e. The van der Waals surface area contributed by atoms with Crippen molar-refractivity contribution in [1.29, 1.82) is 0 Å². The Hall–Kier alpha value is -3.64. The fourth-order valence-corrected chi connectivity index (χ4v) is 3.83. The molecule has 0 aromatic heterocycles. The van der Waals surface area contributed by atoms with Gasteiger partial charge in [0.2, 0.25) is 12.3 Å². The molecular weight excluding hydrogens is 426 g/mol. The smallest absolute Gasteiger partial charge is 0.304 e. The predicted octanol–water partition coefficient (Wildman–Crippen LogP) is 3.67. The number of aryl methyl sites for hydroxylation is 1. The Bertz CT molecular complexity index is 1170. The standard InChI is InChI=1S/C25H22ClN3O3/c1-16-7-9-17(10-8-16)23-22(27-24(30)18-11-13-20(32-2)14-12-18)25(31)28-29(23)15-19-5-3-4-6-21(19)26/h3-15,22-23H,1-2H3,(H-,27,28,30,31)/p+1/b29-15-/t22-,23-/m1/s1. The first-order chi connectivity index (χ1) is 15.5. The van der Waals surface area contributed by atoms with Crippen molar-refractivity contribution < 1.29 is 19.0 Å². The normalized spacial score (nSPS) is 19.0. The molecule has 0 spiro atoms. The summed E-state index contributed by atoms with van der Waals surface area (Å²) in [4.78, 5) is 25.9. The number of ether oxygens (including phenoxy) is 1. The molecule has 0 unspecified atom stereocenters. The number of carbonyl (C=O) groups excluding carboxylic acids is 2. The molecule has 1 saturated heterocycles. The van der Waals surface area contributed by atoms with Crippen LogP contribution in [0.1, 0.15) is 33.1 Å². The van der Waals surface area contributed by atoms with Gasteiger partial charge in [0.05, 0.1) is 17.7 Å². The Kier molecular flexibility index (Phi) is 6.23. The van der Waals surface area contributed by atoms with Crippen molar-refractivity contribution in [1.82, 2.24) is 10.7 Å². The van der Waals surface area contributed by atoms with Crippen LogP contribution in [0.2, 0.25) is 5.02 Å². The van der Waals surface area contributed by atoms with Gasteiger partial charge in [-0.05, 0) is 43.3 Å². The topological polar surface area (TPSA) is 70.4 Å². The molecule has 7 heteroatoms. The number of amides is 2. The van der Waals surface area contributed by atoms with E-state index in [1.54, 1.807) is 48.3 Å².